The minimum Gasteiger partial charge on any atom is -0.478 e. The zero-order valence-electron chi connectivity index (χ0n) is 11.9. The first kappa shape index (κ1) is 17.7. The minimum absolute atomic E-state index is 0.164. The molecule has 0 fully saturated rings. The number of aromatic carboxylic acids is 1. The fourth-order valence-corrected chi connectivity index (χ4v) is 3.17. The zero-order valence-corrected chi connectivity index (χ0v) is 14.2. The van der Waals surface area contributed by atoms with Crippen LogP contribution in [0.1, 0.15) is 15.9 Å². The molecule has 0 saturated carbocycles. The van der Waals surface area contributed by atoms with Crippen molar-refractivity contribution in [1.82, 2.24) is 0 Å². The Morgan fingerprint density at radius 3 is 2.39 bits per heavy atom. The van der Waals surface area contributed by atoms with Crippen LogP contribution in [0.15, 0.2) is 42.5 Å². The Bertz CT molecular complexity index is 720. The van der Waals surface area contributed by atoms with Gasteiger partial charge in [0.2, 0.25) is 5.91 Å². The van der Waals surface area contributed by atoms with Gasteiger partial charge in [0.05, 0.1) is 11.3 Å². The zero-order chi connectivity index (χ0) is 16.8. The summed E-state index contributed by atoms with van der Waals surface area (Å²) in [5, 5.41) is 12.7. The second kappa shape index (κ2) is 8.24. The minimum atomic E-state index is -1.00. The molecule has 7 heteroatoms. The second-order valence-corrected chi connectivity index (χ2v) is 6.49. The number of amides is 1. The molecule has 0 unspecified atom stereocenters. The van der Waals surface area contributed by atoms with Crippen molar-refractivity contribution in [3.05, 3.63) is 63.6 Å². The van der Waals surface area contributed by atoms with Gasteiger partial charge in [-0.05, 0) is 42.0 Å². The van der Waals surface area contributed by atoms with E-state index in [1.807, 2.05) is 6.07 Å². The molecular formula is C16H13Cl2NO3S. The highest BCUT2D eigenvalue weighted by atomic mass is 35.5. The van der Waals surface area contributed by atoms with Crippen molar-refractivity contribution >= 4 is 52.5 Å². The molecule has 120 valence electrons. The van der Waals surface area contributed by atoms with Crippen LogP contribution in [0.3, 0.4) is 0 Å². The van der Waals surface area contributed by atoms with Gasteiger partial charge in [0.1, 0.15) is 0 Å². The van der Waals surface area contributed by atoms with E-state index in [0.29, 0.717) is 21.5 Å². The molecule has 23 heavy (non-hydrogen) atoms. The van der Waals surface area contributed by atoms with Gasteiger partial charge in [-0.2, -0.15) is 0 Å². The molecule has 0 bridgehead atoms. The van der Waals surface area contributed by atoms with E-state index in [-0.39, 0.29) is 17.2 Å². The van der Waals surface area contributed by atoms with Gasteiger partial charge in [-0.1, -0.05) is 29.3 Å². The molecule has 2 rings (SSSR count). The van der Waals surface area contributed by atoms with Crippen LogP contribution >= 0.6 is 35.0 Å². The van der Waals surface area contributed by atoms with Gasteiger partial charge >= 0.3 is 5.97 Å². The Morgan fingerprint density at radius 2 is 1.78 bits per heavy atom. The molecule has 0 radical (unpaired) electrons. The lowest BCUT2D eigenvalue weighted by Gasteiger charge is -2.07. The van der Waals surface area contributed by atoms with Crippen LogP contribution in [-0.2, 0) is 10.5 Å². The normalized spacial score (nSPS) is 10.3. The Morgan fingerprint density at radius 1 is 1.09 bits per heavy atom. The standard InChI is InChI=1S/C16H13Cl2NO3S/c17-12-4-1-11(14(18)7-12)8-23-9-15(20)19-13-5-2-10(3-6-13)16(21)22/h1-7H,8-9H2,(H,19,20)(H,21,22). The number of nitrogens with one attached hydrogen (secondary N) is 1. The monoisotopic (exact) mass is 369 g/mol. The first-order chi connectivity index (χ1) is 11.0. The summed E-state index contributed by atoms with van der Waals surface area (Å²) in [4.78, 5) is 22.6. The predicted molar refractivity (Wildman–Crippen MR) is 94.7 cm³/mol. The SMILES string of the molecule is O=C(CSCc1ccc(Cl)cc1Cl)Nc1ccc(C(=O)O)cc1. The molecule has 0 aliphatic rings. The van der Waals surface area contributed by atoms with Crippen molar-refractivity contribution in [1.29, 1.82) is 0 Å². The fourth-order valence-electron chi connectivity index (χ4n) is 1.79. The highest BCUT2D eigenvalue weighted by Gasteiger charge is 2.07. The quantitative estimate of drug-likeness (QED) is 0.782. The summed E-state index contributed by atoms with van der Waals surface area (Å²) in [6.45, 7) is 0. The number of carboxylic acid groups (broad SMARTS) is 1. The van der Waals surface area contributed by atoms with E-state index >= 15 is 0 Å². The molecule has 0 saturated heterocycles. The lowest BCUT2D eigenvalue weighted by molar-refractivity contribution is -0.113. The van der Waals surface area contributed by atoms with Crippen LogP contribution in [0.4, 0.5) is 5.69 Å². The molecule has 2 aromatic rings. The fraction of sp³-hybridized carbons (Fsp3) is 0.125. The number of anilines is 1. The molecule has 0 heterocycles. The molecule has 4 nitrogen and oxygen atoms in total. The van der Waals surface area contributed by atoms with E-state index in [1.54, 1.807) is 24.3 Å². The summed E-state index contributed by atoms with van der Waals surface area (Å²) in [7, 11) is 0. The van der Waals surface area contributed by atoms with Crippen LogP contribution in [-0.4, -0.2) is 22.7 Å². The predicted octanol–water partition coefficient (Wildman–Crippen LogP) is 4.56. The van der Waals surface area contributed by atoms with Crippen molar-refractivity contribution in [2.24, 2.45) is 0 Å². The van der Waals surface area contributed by atoms with Gasteiger partial charge in [0.25, 0.3) is 0 Å². The number of rotatable bonds is 6. The molecule has 2 N–H and O–H groups in total. The van der Waals surface area contributed by atoms with Crippen LogP contribution in [0.25, 0.3) is 0 Å². The van der Waals surface area contributed by atoms with Gasteiger partial charge in [-0.3, -0.25) is 4.79 Å². The summed E-state index contributed by atoms with van der Waals surface area (Å²) < 4.78 is 0. The average molecular weight is 370 g/mol. The molecule has 1 amide bonds. The van der Waals surface area contributed by atoms with Crippen LogP contribution in [0, 0.1) is 0 Å². The number of carboxylic acids is 1. The summed E-state index contributed by atoms with van der Waals surface area (Å²) in [5.41, 5.74) is 1.65. The van der Waals surface area contributed by atoms with Gasteiger partial charge in [-0.25, -0.2) is 4.79 Å². The molecule has 2 aromatic carbocycles. The Labute approximate surface area is 147 Å². The number of benzene rings is 2. The van der Waals surface area contributed by atoms with Crippen molar-refractivity contribution in [3.63, 3.8) is 0 Å². The maximum absolute atomic E-state index is 11.9. The van der Waals surface area contributed by atoms with Crippen molar-refractivity contribution in [3.8, 4) is 0 Å². The highest BCUT2D eigenvalue weighted by molar-refractivity contribution is 7.99. The smallest absolute Gasteiger partial charge is 0.335 e. The van der Waals surface area contributed by atoms with Crippen molar-refractivity contribution in [2.75, 3.05) is 11.1 Å². The van der Waals surface area contributed by atoms with Gasteiger partial charge in [0.15, 0.2) is 0 Å². The topological polar surface area (TPSA) is 66.4 Å². The first-order valence-corrected chi connectivity index (χ1v) is 8.51. The van der Waals surface area contributed by atoms with Crippen LogP contribution in [0.2, 0.25) is 10.0 Å². The summed E-state index contributed by atoms with van der Waals surface area (Å²) in [5.74, 6) is -0.303. The number of hydrogen-bond donors (Lipinski definition) is 2. The van der Waals surface area contributed by atoms with Gasteiger partial charge in [0, 0.05) is 21.5 Å². The van der Waals surface area contributed by atoms with E-state index in [0.717, 1.165) is 5.56 Å². The van der Waals surface area contributed by atoms with Crippen LogP contribution < -0.4 is 5.32 Å². The molecule has 0 atom stereocenters. The maximum Gasteiger partial charge on any atom is 0.335 e. The first-order valence-electron chi connectivity index (χ1n) is 6.60. The molecular weight excluding hydrogens is 357 g/mol. The van der Waals surface area contributed by atoms with E-state index < -0.39 is 5.97 Å². The Hall–Kier alpha value is -1.69. The number of hydrogen-bond acceptors (Lipinski definition) is 3. The van der Waals surface area contributed by atoms with Gasteiger partial charge in [-0.15, -0.1) is 11.8 Å². The number of carbonyl (C=O) groups excluding carboxylic acids is 1. The third kappa shape index (κ3) is 5.46. The lowest BCUT2D eigenvalue weighted by Crippen LogP contribution is -2.14. The van der Waals surface area contributed by atoms with E-state index in [1.165, 1.54) is 23.9 Å². The second-order valence-electron chi connectivity index (χ2n) is 4.66. The maximum atomic E-state index is 11.9. The number of carbonyl (C=O) groups is 2. The van der Waals surface area contributed by atoms with Crippen LogP contribution in [0.5, 0.6) is 0 Å². The Balaban J connectivity index is 1.82. The number of thioether (sulfide) groups is 1. The molecule has 0 aliphatic carbocycles. The lowest BCUT2D eigenvalue weighted by atomic mass is 10.2. The highest BCUT2D eigenvalue weighted by Crippen LogP contribution is 2.24. The third-order valence-electron chi connectivity index (χ3n) is 2.92. The molecule has 0 aromatic heterocycles. The summed E-state index contributed by atoms with van der Waals surface area (Å²) >= 11 is 13.3. The van der Waals surface area contributed by atoms with Crippen molar-refractivity contribution < 1.29 is 14.7 Å². The van der Waals surface area contributed by atoms with E-state index in [2.05, 4.69) is 5.32 Å². The largest absolute Gasteiger partial charge is 0.478 e. The van der Waals surface area contributed by atoms with E-state index in [9.17, 15) is 9.59 Å². The summed E-state index contributed by atoms with van der Waals surface area (Å²) in [6.07, 6.45) is 0. The van der Waals surface area contributed by atoms with E-state index in [4.69, 9.17) is 28.3 Å². The van der Waals surface area contributed by atoms with Gasteiger partial charge < -0.3 is 10.4 Å². The average Bonchev–Trinajstić information content (AvgIpc) is 2.50. The molecule has 0 aliphatic heterocycles. The third-order valence-corrected chi connectivity index (χ3v) is 4.49. The van der Waals surface area contributed by atoms with Crippen molar-refractivity contribution in [2.45, 2.75) is 5.75 Å². The Kier molecular flexibility index (Phi) is 6.33. The molecule has 0 spiro atoms. The number of halogens is 2. The summed E-state index contributed by atoms with van der Waals surface area (Å²) in [6, 6.07) is 11.3.